The molecule has 0 fully saturated rings. The summed E-state index contributed by atoms with van der Waals surface area (Å²) in [5.41, 5.74) is -0.192. The molecule has 1 aromatic heterocycles. The van der Waals surface area contributed by atoms with E-state index in [4.69, 9.17) is 4.42 Å². The molecular formula is C11H15NO7S. The zero-order valence-electron chi connectivity index (χ0n) is 11.5. The van der Waals surface area contributed by atoms with Crippen molar-refractivity contribution >= 4 is 22.0 Å². The number of methoxy groups -OCH3 is 2. The van der Waals surface area contributed by atoms with Crippen LogP contribution >= 0.6 is 0 Å². The van der Waals surface area contributed by atoms with Crippen LogP contribution < -0.4 is 4.72 Å². The summed E-state index contributed by atoms with van der Waals surface area (Å²) in [7, 11) is -1.85. The van der Waals surface area contributed by atoms with Gasteiger partial charge < -0.3 is 13.9 Å². The van der Waals surface area contributed by atoms with Crippen LogP contribution in [-0.2, 0) is 24.3 Å². The van der Waals surface area contributed by atoms with E-state index in [0.717, 1.165) is 14.2 Å². The topological polar surface area (TPSA) is 112 Å². The molecule has 1 N–H and O–H groups in total. The Morgan fingerprint density at radius 1 is 1.15 bits per heavy atom. The number of furan rings is 1. The number of ether oxygens (including phenoxy) is 2. The molecule has 0 amide bonds. The van der Waals surface area contributed by atoms with Gasteiger partial charge in [-0.25, -0.2) is 13.2 Å². The number of aryl methyl sites for hydroxylation is 2. The van der Waals surface area contributed by atoms with E-state index >= 15 is 0 Å². The number of rotatable bonds is 5. The van der Waals surface area contributed by atoms with Crippen molar-refractivity contribution in [3.63, 3.8) is 0 Å². The summed E-state index contributed by atoms with van der Waals surface area (Å²) in [6.45, 7) is 2.29. The molecule has 0 unspecified atom stereocenters. The minimum atomic E-state index is -4.11. The largest absolute Gasteiger partial charge is 0.468 e. The Balaban J connectivity index is 3.24. The van der Waals surface area contributed by atoms with Gasteiger partial charge in [0, 0.05) is 0 Å². The number of carbonyl (C=O) groups excluding carboxylic acids is 2. The Labute approximate surface area is 116 Å². The number of esters is 2. The van der Waals surface area contributed by atoms with Gasteiger partial charge in [-0.05, 0) is 13.8 Å². The van der Waals surface area contributed by atoms with Crippen LogP contribution in [0.3, 0.4) is 0 Å². The van der Waals surface area contributed by atoms with Gasteiger partial charge >= 0.3 is 11.9 Å². The fraction of sp³-hybridized carbons (Fsp3) is 0.455. The van der Waals surface area contributed by atoms with Gasteiger partial charge in [-0.1, -0.05) is 0 Å². The van der Waals surface area contributed by atoms with E-state index in [1.165, 1.54) is 13.8 Å². The second-order valence-corrected chi connectivity index (χ2v) is 5.51. The molecule has 9 heteroatoms. The van der Waals surface area contributed by atoms with Crippen molar-refractivity contribution < 1.29 is 31.9 Å². The van der Waals surface area contributed by atoms with Gasteiger partial charge in [0.25, 0.3) is 0 Å². The third kappa shape index (κ3) is 3.17. The molecule has 0 atom stereocenters. The lowest BCUT2D eigenvalue weighted by Crippen LogP contribution is -2.31. The third-order valence-electron chi connectivity index (χ3n) is 2.50. The smallest absolute Gasteiger partial charge is 0.342 e. The fourth-order valence-electron chi connectivity index (χ4n) is 1.62. The normalized spacial score (nSPS) is 11.2. The van der Waals surface area contributed by atoms with Crippen molar-refractivity contribution in [1.29, 1.82) is 0 Å². The van der Waals surface area contributed by atoms with E-state index in [0.29, 0.717) is 0 Å². The molecule has 1 heterocycles. The SMILES string of the molecule is COC(=O)CNS(=O)(=O)c1c(C)oc(C)c1C(=O)OC. The second-order valence-electron chi connectivity index (χ2n) is 3.81. The Morgan fingerprint density at radius 3 is 2.25 bits per heavy atom. The van der Waals surface area contributed by atoms with E-state index < -0.39 is 28.5 Å². The molecule has 0 aliphatic carbocycles. The first-order valence-corrected chi connectivity index (χ1v) is 6.97. The highest BCUT2D eigenvalue weighted by molar-refractivity contribution is 7.89. The van der Waals surface area contributed by atoms with E-state index in [-0.39, 0.29) is 22.0 Å². The van der Waals surface area contributed by atoms with Gasteiger partial charge in [0.15, 0.2) is 0 Å². The molecule has 112 valence electrons. The molecular weight excluding hydrogens is 290 g/mol. The number of carbonyl (C=O) groups is 2. The lowest BCUT2D eigenvalue weighted by atomic mass is 10.2. The van der Waals surface area contributed by atoms with E-state index in [2.05, 4.69) is 9.47 Å². The molecule has 0 bridgehead atoms. The lowest BCUT2D eigenvalue weighted by Gasteiger charge is -2.06. The number of hydrogen-bond donors (Lipinski definition) is 1. The summed E-state index contributed by atoms with van der Waals surface area (Å²) < 4.78 is 40.3. The summed E-state index contributed by atoms with van der Waals surface area (Å²) in [6, 6.07) is 0. The fourth-order valence-corrected chi connectivity index (χ4v) is 2.99. The van der Waals surface area contributed by atoms with Crippen LogP contribution in [0.5, 0.6) is 0 Å². The standard InChI is InChI=1S/C11H15NO7S/c1-6-9(11(14)18-4)10(7(2)19-6)20(15,16)12-5-8(13)17-3/h12H,5H2,1-4H3. The van der Waals surface area contributed by atoms with Crippen molar-refractivity contribution in [2.45, 2.75) is 18.7 Å². The molecule has 0 aliphatic heterocycles. The Hall–Kier alpha value is -1.87. The van der Waals surface area contributed by atoms with E-state index in [9.17, 15) is 18.0 Å². The molecule has 0 saturated heterocycles. The van der Waals surface area contributed by atoms with Crippen molar-refractivity contribution in [2.24, 2.45) is 0 Å². The van der Waals surface area contributed by atoms with Crippen LogP contribution in [0.25, 0.3) is 0 Å². The molecule has 8 nitrogen and oxygen atoms in total. The molecule has 0 aliphatic rings. The Kier molecular flexibility index (Phi) is 4.90. The van der Waals surface area contributed by atoms with E-state index in [1.807, 2.05) is 4.72 Å². The van der Waals surface area contributed by atoms with Crippen molar-refractivity contribution in [3.05, 3.63) is 17.1 Å². The Bertz CT molecular complexity index is 629. The zero-order chi connectivity index (χ0) is 15.5. The van der Waals surface area contributed by atoms with Crippen LogP contribution in [-0.4, -0.2) is 41.1 Å². The summed E-state index contributed by atoms with van der Waals surface area (Å²) in [5.74, 6) is -1.45. The van der Waals surface area contributed by atoms with Gasteiger partial charge in [0.1, 0.15) is 28.5 Å². The Morgan fingerprint density at radius 2 is 1.75 bits per heavy atom. The minimum Gasteiger partial charge on any atom is -0.468 e. The van der Waals surface area contributed by atoms with Gasteiger partial charge in [-0.2, -0.15) is 4.72 Å². The van der Waals surface area contributed by atoms with Crippen molar-refractivity contribution in [3.8, 4) is 0 Å². The van der Waals surface area contributed by atoms with Crippen LogP contribution in [0.1, 0.15) is 21.9 Å². The van der Waals surface area contributed by atoms with Crippen LogP contribution in [0.2, 0.25) is 0 Å². The van der Waals surface area contributed by atoms with Crippen molar-refractivity contribution in [1.82, 2.24) is 4.72 Å². The highest BCUT2D eigenvalue weighted by atomic mass is 32.2. The van der Waals surface area contributed by atoms with Gasteiger partial charge in [-0.15, -0.1) is 0 Å². The minimum absolute atomic E-state index is 0.0280. The number of nitrogens with one attached hydrogen (secondary N) is 1. The van der Waals surface area contributed by atoms with Crippen molar-refractivity contribution in [2.75, 3.05) is 20.8 Å². The maximum Gasteiger partial charge on any atom is 0.342 e. The predicted octanol–water partition coefficient (Wildman–Crippen LogP) is 0.134. The van der Waals surface area contributed by atoms with Gasteiger partial charge in [0.2, 0.25) is 10.0 Å². The highest BCUT2D eigenvalue weighted by Gasteiger charge is 2.31. The average molecular weight is 305 g/mol. The molecule has 0 spiro atoms. The highest BCUT2D eigenvalue weighted by Crippen LogP contribution is 2.26. The first-order chi connectivity index (χ1) is 9.24. The third-order valence-corrected chi connectivity index (χ3v) is 4.05. The second kappa shape index (κ2) is 6.06. The lowest BCUT2D eigenvalue weighted by molar-refractivity contribution is -0.139. The van der Waals surface area contributed by atoms with E-state index in [1.54, 1.807) is 0 Å². The maximum atomic E-state index is 12.1. The molecule has 0 saturated carbocycles. The monoisotopic (exact) mass is 305 g/mol. The molecule has 1 aromatic rings. The van der Waals surface area contributed by atoms with Crippen LogP contribution in [0.4, 0.5) is 0 Å². The number of sulfonamides is 1. The van der Waals surface area contributed by atoms with Crippen LogP contribution in [0.15, 0.2) is 9.31 Å². The number of hydrogen-bond acceptors (Lipinski definition) is 7. The predicted molar refractivity (Wildman–Crippen MR) is 66.7 cm³/mol. The molecule has 0 radical (unpaired) electrons. The first kappa shape index (κ1) is 16.2. The molecule has 1 rings (SSSR count). The maximum absolute atomic E-state index is 12.1. The summed E-state index contributed by atoms with van der Waals surface area (Å²) in [4.78, 5) is 22.3. The summed E-state index contributed by atoms with van der Waals surface area (Å²) >= 11 is 0. The summed E-state index contributed by atoms with van der Waals surface area (Å²) in [5, 5.41) is 0. The zero-order valence-corrected chi connectivity index (χ0v) is 12.3. The van der Waals surface area contributed by atoms with Crippen LogP contribution in [0, 0.1) is 13.8 Å². The molecule has 20 heavy (non-hydrogen) atoms. The van der Waals surface area contributed by atoms with Gasteiger partial charge in [0.05, 0.1) is 14.2 Å². The quantitative estimate of drug-likeness (QED) is 0.770. The molecule has 0 aromatic carbocycles. The summed E-state index contributed by atoms with van der Waals surface area (Å²) in [6.07, 6.45) is 0. The first-order valence-electron chi connectivity index (χ1n) is 5.49. The van der Waals surface area contributed by atoms with Gasteiger partial charge in [-0.3, -0.25) is 4.79 Å². The average Bonchev–Trinajstić information content (AvgIpc) is 2.70.